The van der Waals surface area contributed by atoms with Gasteiger partial charge >= 0.3 is 5.97 Å². The number of nitrogens with one attached hydrogen (secondary N) is 1. The van der Waals surface area contributed by atoms with E-state index in [1.54, 1.807) is 12.1 Å². The molecule has 0 radical (unpaired) electrons. The maximum Gasteiger partial charge on any atom is 0.337 e. The number of rotatable bonds is 3. The summed E-state index contributed by atoms with van der Waals surface area (Å²) in [5.74, 6) is -0.284. The summed E-state index contributed by atoms with van der Waals surface area (Å²) in [5, 5.41) is 0. The van der Waals surface area contributed by atoms with Gasteiger partial charge in [-0.3, -0.25) is 0 Å². The van der Waals surface area contributed by atoms with Crippen molar-refractivity contribution in [3.8, 4) is 0 Å². The lowest BCUT2D eigenvalue weighted by Crippen LogP contribution is -3.04. The van der Waals surface area contributed by atoms with E-state index in [0.717, 1.165) is 6.54 Å². The summed E-state index contributed by atoms with van der Waals surface area (Å²) >= 11 is 0. The Bertz CT molecular complexity index is 304. The summed E-state index contributed by atoms with van der Waals surface area (Å²) in [6, 6.07) is 7.51. The summed E-state index contributed by atoms with van der Waals surface area (Å²) in [7, 11) is 5.57. The molecule has 0 aliphatic heterocycles. The van der Waals surface area contributed by atoms with E-state index in [-0.39, 0.29) is 5.97 Å². The van der Waals surface area contributed by atoms with Gasteiger partial charge in [-0.25, -0.2) is 4.79 Å². The summed E-state index contributed by atoms with van der Waals surface area (Å²) in [5.41, 5.74) is 1.82. The van der Waals surface area contributed by atoms with Gasteiger partial charge in [0, 0.05) is 5.56 Å². The van der Waals surface area contributed by atoms with Gasteiger partial charge in [-0.15, -0.1) is 0 Å². The van der Waals surface area contributed by atoms with E-state index >= 15 is 0 Å². The van der Waals surface area contributed by atoms with Crippen LogP contribution in [0.5, 0.6) is 0 Å². The smallest absolute Gasteiger partial charge is 0.337 e. The average Bonchev–Trinajstić information content (AvgIpc) is 2.17. The first-order valence-corrected chi connectivity index (χ1v) is 4.59. The maximum atomic E-state index is 11.1. The van der Waals surface area contributed by atoms with Gasteiger partial charge in [0.25, 0.3) is 0 Å². The van der Waals surface area contributed by atoms with Crippen LogP contribution in [-0.4, -0.2) is 27.2 Å². The van der Waals surface area contributed by atoms with Gasteiger partial charge < -0.3 is 9.64 Å². The third kappa shape index (κ3) is 2.85. The maximum absolute atomic E-state index is 11.1. The number of methoxy groups -OCH3 is 1. The zero-order valence-electron chi connectivity index (χ0n) is 8.83. The van der Waals surface area contributed by atoms with Crippen LogP contribution in [0.3, 0.4) is 0 Å². The number of hydrogen-bond donors (Lipinski definition) is 1. The molecule has 0 amide bonds. The van der Waals surface area contributed by atoms with Crippen molar-refractivity contribution in [3.63, 3.8) is 0 Å². The summed E-state index contributed by atoms with van der Waals surface area (Å²) in [6.45, 7) is 0.960. The second kappa shape index (κ2) is 4.77. The fraction of sp³-hybridized carbons (Fsp3) is 0.364. The van der Waals surface area contributed by atoms with Gasteiger partial charge in [0.1, 0.15) is 6.54 Å². The van der Waals surface area contributed by atoms with E-state index in [9.17, 15) is 4.79 Å². The highest BCUT2D eigenvalue weighted by molar-refractivity contribution is 5.89. The molecule has 14 heavy (non-hydrogen) atoms. The Kier molecular flexibility index (Phi) is 3.65. The highest BCUT2D eigenvalue weighted by Gasteiger charge is 2.04. The highest BCUT2D eigenvalue weighted by atomic mass is 16.5. The molecule has 1 N–H and O–H groups in total. The first kappa shape index (κ1) is 10.7. The standard InChI is InChI=1S/C11H15NO2/c1-12(2)8-9-4-6-10(7-5-9)11(13)14-3/h4-7H,8H2,1-3H3/p+1. The molecule has 3 heteroatoms. The van der Waals surface area contributed by atoms with E-state index in [1.807, 2.05) is 12.1 Å². The van der Waals surface area contributed by atoms with Crippen LogP contribution in [0.1, 0.15) is 15.9 Å². The minimum atomic E-state index is -0.284. The summed E-state index contributed by atoms with van der Waals surface area (Å²) < 4.78 is 4.61. The number of quaternary nitrogens is 1. The molecule has 0 spiro atoms. The Hall–Kier alpha value is -1.35. The number of carbonyl (C=O) groups is 1. The Morgan fingerprint density at radius 2 is 1.86 bits per heavy atom. The first-order valence-electron chi connectivity index (χ1n) is 4.59. The molecular formula is C11H16NO2+. The van der Waals surface area contributed by atoms with E-state index in [4.69, 9.17) is 0 Å². The van der Waals surface area contributed by atoms with Crippen molar-refractivity contribution in [1.82, 2.24) is 0 Å². The lowest BCUT2D eigenvalue weighted by molar-refractivity contribution is -0.872. The second-order valence-corrected chi connectivity index (χ2v) is 3.57. The van der Waals surface area contributed by atoms with Crippen LogP contribution < -0.4 is 4.90 Å². The minimum Gasteiger partial charge on any atom is -0.465 e. The molecule has 1 aromatic carbocycles. The van der Waals surface area contributed by atoms with Crippen molar-refractivity contribution in [1.29, 1.82) is 0 Å². The molecule has 0 atom stereocenters. The fourth-order valence-electron chi connectivity index (χ4n) is 1.28. The molecule has 0 aliphatic carbocycles. The van der Waals surface area contributed by atoms with Crippen LogP contribution in [0.2, 0.25) is 0 Å². The second-order valence-electron chi connectivity index (χ2n) is 3.57. The first-order chi connectivity index (χ1) is 6.63. The molecule has 3 nitrogen and oxygen atoms in total. The SMILES string of the molecule is COC(=O)c1ccc(C[NH+](C)C)cc1. The van der Waals surface area contributed by atoms with E-state index < -0.39 is 0 Å². The fourth-order valence-corrected chi connectivity index (χ4v) is 1.28. The number of ether oxygens (including phenoxy) is 1. The van der Waals surface area contributed by atoms with Crippen molar-refractivity contribution >= 4 is 5.97 Å². The zero-order valence-corrected chi connectivity index (χ0v) is 8.83. The van der Waals surface area contributed by atoms with Crippen LogP contribution in [0.4, 0.5) is 0 Å². The molecule has 0 bridgehead atoms. The van der Waals surface area contributed by atoms with Crippen molar-refractivity contribution in [2.75, 3.05) is 21.2 Å². The van der Waals surface area contributed by atoms with Gasteiger partial charge in [0.15, 0.2) is 0 Å². The molecule has 0 saturated heterocycles. The van der Waals surface area contributed by atoms with Gasteiger partial charge in [-0.2, -0.15) is 0 Å². The van der Waals surface area contributed by atoms with Gasteiger partial charge in [0.05, 0.1) is 26.8 Å². The van der Waals surface area contributed by atoms with Gasteiger partial charge in [-0.05, 0) is 12.1 Å². The topological polar surface area (TPSA) is 30.7 Å². The average molecular weight is 194 g/mol. The van der Waals surface area contributed by atoms with Crippen molar-refractivity contribution in [3.05, 3.63) is 35.4 Å². The molecule has 1 rings (SSSR count). The molecule has 1 aromatic rings. The molecule has 0 aliphatic rings. The predicted octanol–water partition coefficient (Wildman–Crippen LogP) is 0.118. The van der Waals surface area contributed by atoms with Crippen molar-refractivity contribution in [2.24, 2.45) is 0 Å². The lowest BCUT2D eigenvalue weighted by atomic mass is 10.1. The number of benzene rings is 1. The Morgan fingerprint density at radius 3 is 2.29 bits per heavy atom. The molecule has 0 heterocycles. The van der Waals surface area contributed by atoms with Crippen LogP contribution in [-0.2, 0) is 11.3 Å². The highest BCUT2D eigenvalue weighted by Crippen LogP contribution is 2.04. The van der Waals surface area contributed by atoms with Crippen LogP contribution >= 0.6 is 0 Å². The lowest BCUT2D eigenvalue weighted by Gasteiger charge is -2.07. The third-order valence-electron chi connectivity index (χ3n) is 1.93. The molecular weight excluding hydrogens is 178 g/mol. The van der Waals surface area contributed by atoms with Gasteiger partial charge in [-0.1, -0.05) is 12.1 Å². The Labute approximate surface area is 84.3 Å². The van der Waals surface area contributed by atoms with E-state index in [2.05, 4.69) is 18.8 Å². The van der Waals surface area contributed by atoms with Crippen LogP contribution in [0, 0.1) is 0 Å². The Balaban J connectivity index is 2.73. The van der Waals surface area contributed by atoms with Crippen LogP contribution in [0.15, 0.2) is 24.3 Å². The number of hydrogen-bond acceptors (Lipinski definition) is 2. The van der Waals surface area contributed by atoms with E-state index in [0.29, 0.717) is 5.56 Å². The van der Waals surface area contributed by atoms with Crippen molar-refractivity contribution in [2.45, 2.75) is 6.54 Å². The third-order valence-corrected chi connectivity index (χ3v) is 1.93. The monoisotopic (exact) mass is 194 g/mol. The molecule has 76 valence electrons. The molecule has 0 aromatic heterocycles. The zero-order chi connectivity index (χ0) is 10.6. The summed E-state index contributed by atoms with van der Waals surface area (Å²) in [6.07, 6.45) is 0. The largest absolute Gasteiger partial charge is 0.465 e. The van der Waals surface area contributed by atoms with Crippen molar-refractivity contribution < 1.29 is 14.4 Å². The predicted molar refractivity (Wildman–Crippen MR) is 54.3 cm³/mol. The molecule has 0 fully saturated rings. The normalized spacial score (nSPS) is 10.3. The quantitative estimate of drug-likeness (QED) is 0.693. The Morgan fingerprint density at radius 1 is 1.29 bits per heavy atom. The van der Waals surface area contributed by atoms with Gasteiger partial charge in [0.2, 0.25) is 0 Å². The minimum absolute atomic E-state index is 0.284. The number of carbonyl (C=O) groups excluding carboxylic acids is 1. The molecule has 0 saturated carbocycles. The van der Waals surface area contributed by atoms with Crippen LogP contribution in [0.25, 0.3) is 0 Å². The number of esters is 1. The molecule has 0 unspecified atom stereocenters. The van der Waals surface area contributed by atoms with E-state index in [1.165, 1.54) is 17.6 Å². The summed E-state index contributed by atoms with van der Waals surface area (Å²) in [4.78, 5) is 12.5.